The molecule has 0 N–H and O–H groups in total. The first kappa shape index (κ1) is 29.2. The first-order valence-corrected chi connectivity index (χ1v) is 15.1. The molecule has 0 aliphatic heterocycles. The molecule has 1 saturated carbocycles. The van der Waals surface area contributed by atoms with Crippen molar-refractivity contribution in [1.82, 2.24) is 9.55 Å². The predicted octanol–water partition coefficient (Wildman–Crippen LogP) is 7.69. The third-order valence-corrected chi connectivity index (χ3v) is 9.57. The van der Waals surface area contributed by atoms with Crippen molar-refractivity contribution in [3.05, 3.63) is 68.6 Å². The summed E-state index contributed by atoms with van der Waals surface area (Å²) in [5.74, 6) is -0.170. The summed E-state index contributed by atoms with van der Waals surface area (Å²) in [6.45, 7) is 6.14. The van der Waals surface area contributed by atoms with Crippen LogP contribution in [0.3, 0.4) is 0 Å². The fraction of sp³-hybridized carbons (Fsp3) is 0.464. The average molecular weight is 595 g/mol. The van der Waals surface area contributed by atoms with E-state index < -0.39 is 11.0 Å². The third kappa shape index (κ3) is 7.21. The van der Waals surface area contributed by atoms with Gasteiger partial charge in [0.05, 0.1) is 26.8 Å². The lowest BCUT2D eigenvalue weighted by Gasteiger charge is -2.39. The van der Waals surface area contributed by atoms with Gasteiger partial charge in [0.25, 0.3) is 0 Å². The normalized spacial score (nSPS) is 20.5. The minimum Gasteiger partial charge on any atom is -0.460 e. The highest BCUT2D eigenvalue weighted by Gasteiger charge is 2.45. The van der Waals surface area contributed by atoms with Gasteiger partial charge in [-0.1, -0.05) is 29.3 Å². The molecule has 2 heterocycles. The molecule has 1 aliphatic rings. The fourth-order valence-electron chi connectivity index (χ4n) is 4.57. The number of hydrogen-bond acceptors (Lipinski definition) is 7. The Morgan fingerprint density at radius 3 is 2.71 bits per heavy atom. The lowest BCUT2D eigenvalue weighted by Crippen LogP contribution is -2.42. The Hall–Kier alpha value is -1.84. The summed E-state index contributed by atoms with van der Waals surface area (Å²) >= 11 is 15.9. The molecule has 0 radical (unpaired) electrons. The molecular weight excluding hydrogens is 561 g/mol. The molecular formula is C28H33Cl2N3O3S2. The second-order valence-corrected chi connectivity index (χ2v) is 13.5. The Bertz CT molecular complexity index is 1330. The minimum absolute atomic E-state index is 0.170. The van der Waals surface area contributed by atoms with Crippen LogP contribution in [-0.4, -0.2) is 33.5 Å². The SMILES string of the molecule is COCn1ccsc1=Nc1cccnc1CC1(C(=O)OC(C)(C)C)CCC(Sc2cccc(Cl)c2Cl)CC1. The molecule has 4 rings (SSSR count). The van der Waals surface area contributed by atoms with Crippen LogP contribution in [-0.2, 0) is 27.4 Å². The van der Waals surface area contributed by atoms with Crippen LogP contribution in [0, 0.1) is 5.41 Å². The Morgan fingerprint density at radius 2 is 2.00 bits per heavy atom. The lowest BCUT2D eigenvalue weighted by molar-refractivity contribution is -0.169. The fourth-order valence-corrected chi connectivity index (χ4v) is 6.99. The van der Waals surface area contributed by atoms with E-state index >= 15 is 0 Å². The van der Waals surface area contributed by atoms with E-state index in [2.05, 4.69) is 4.98 Å². The van der Waals surface area contributed by atoms with E-state index in [1.165, 1.54) is 11.3 Å². The van der Waals surface area contributed by atoms with Gasteiger partial charge in [-0.2, -0.15) is 0 Å². The van der Waals surface area contributed by atoms with Gasteiger partial charge in [0.1, 0.15) is 12.3 Å². The summed E-state index contributed by atoms with van der Waals surface area (Å²) in [6.07, 6.45) is 7.25. The van der Waals surface area contributed by atoms with Crippen LogP contribution in [0.4, 0.5) is 5.69 Å². The summed E-state index contributed by atoms with van der Waals surface area (Å²) in [5.41, 5.74) is 0.285. The summed E-state index contributed by atoms with van der Waals surface area (Å²) in [4.78, 5) is 25.1. The molecule has 1 aliphatic carbocycles. The molecule has 204 valence electrons. The molecule has 1 aromatic carbocycles. The number of benzene rings is 1. The van der Waals surface area contributed by atoms with E-state index in [9.17, 15) is 4.79 Å². The number of rotatable bonds is 8. The first-order valence-electron chi connectivity index (χ1n) is 12.6. The number of esters is 1. The van der Waals surface area contributed by atoms with Crippen LogP contribution in [0.25, 0.3) is 0 Å². The summed E-state index contributed by atoms with van der Waals surface area (Å²) < 4.78 is 13.2. The number of methoxy groups -OCH3 is 1. The molecule has 0 atom stereocenters. The largest absolute Gasteiger partial charge is 0.460 e. The Morgan fingerprint density at radius 1 is 1.24 bits per heavy atom. The van der Waals surface area contributed by atoms with Crippen molar-refractivity contribution < 1.29 is 14.3 Å². The summed E-state index contributed by atoms with van der Waals surface area (Å²) in [6, 6.07) is 9.53. The maximum Gasteiger partial charge on any atom is 0.312 e. The Labute approximate surface area is 242 Å². The van der Waals surface area contributed by atoms with Crippen LogP contribution in [0.1, 0.15) is 52.1 Å². The molecule has 3 aromatic rings. The second kappa shape index (κ2) is 12.6. The quantitative estimate of drug-likeness (QED) is 0.250. The average Bonchev–Trinajstić information content (AvgIpc) is 3.30. The minimum atomic E-state index is -0.682. The van der Waals surface area contributed by atoms with Crippen molar-refractivity contribution in [2.75, 3.05) is 7.11 Å². The number of carbonyl (C=O) groups excluding carboxylic acids is 1. The van der Waals surface area contributed by atoms with Gasteiger partial charge >= 0.3 is 5.97 Å². The maximum atomic E-state index is 13.7. The number of ether oxygens (including phenoxy) is 2. The topological polar surface area (TPSA) is 65.7 Å². The number of thiazole rings is 1. The van der Waals surface area contributed by atoms with Crippen molar-refractivity contribution in [1.29, 1.82) is 0 Å². The van der Waals surface area contributed by atoms with Crippen molar-refractivity contribution in [2.24, 2.45) is 10.4 Å². The van der Waals surface area contributed by atoms with Crippen molar-refractivity contribution in [2.45, 2.75) is 75.4 Å². The number of pyridine rings is 1. The van der Waals surface area contributed by atoms with Gasteiger partial charge < -0.3 is 9.47 Å². The molecule has 0 unspecified atom stereocenters. The molecule has 10 heteroatoms. The van der Waals surface area contributed by atoms with E-state index in [1.54, 1.807) is 31.1 Å². The van der Waals surface area contributed by atoms with Gasteiger partial charge in [-0.15, -0.1) is 23.1 Å². The van der Waals surface area contributed by atoms with E-state index in [0.717, 1.165) is 33.9 Å². The molecule has 0 saturated heterocycles. The zero-order valence-electron chi connectivity index (χ0n) is 22.1. The number of nitrogens with zero attached hydrogens (tertiary/aromatic N) is 3. The third-order valence-electron chi connectivity index (χ3n) is 6.45. The summed E-state index contributed by atoms with van der Waals surface area (Å²) in [5, 5.41) is 3.44. The lowest BCUT2D eigenvalue weighted by atomic mass is 9.70. The number of thioether (sulfide) groups is 1. The number of aromatic nitrogens is 2. The van der Waals surface area contributed by atoms with Gasteiger partial charge in [-0.3, -0.25) is 14.3 Å². The maximum absolute atomic E-state index is 13.7. The highest BCUT2D eigenvalue weighted by Crippen LogP contribution is 2.47. The van der Waals surface area contributed by atoms with E-state index in [1.807, 2.05) is 61.2 Å². The van der Waals surface area contributed by atoms with Gasteiger partial charge in [0.2, 0.25) is 0 Å². The van der Waals surface area contributed by atoms with Gasteiger partial charge in [-0.05, 0) is 70.7 Å². The van der Waals surface area contributed by atoms with E-state index in [-0.39, 0.29) is 5.97 Å². The molecule has 6 nitrogen and oxygen atoms in total. The van der Waals surface area contributed by atoms with Crippen LogP contribution >= 0.6 is 46.3 Å². The molecule has 1 fully saturated rings. The molecule has 0 bridgehead atoms. The molecule has 0 spiro atoms. The number of hydrogen-bond donors (Lipinski definition) is 0. The standard InChI is InChI=1S/C28H33Cl2N3O3S2/c1-27(2,3)36-25(34)28(12-10-19(11-13-28)38-23-9-5-7-20(29)24(23)30)17-22-21(8-6-14-31-22)32-26-33(18-35-4)15-16-37-26/h5-9,14-16,19H,10-13,17-18H2,1-4H3. The zero-order chi connectivity index (χ0) is 27.3. The first-order chi connectivity index (χ1) is 18.1. The van der Waals surface area contributed by atoms with E-state index in [4.69, 9.17) is 37.7 Å². The van der Waals surface area contributed by atoms with Crippen LogP contribution in [0.2, 0.25) is 10.0 Å². The van der Waals surface area contributed by atoms with Gasteiger partial charge in [0.15, 0.2) is 4.80 Å². The van der Waals surface area contributed by atoms with Crippen molar-refractivity contribution in [3.8, 4) is 0 Å². The molecule has 2 aromatic heterocycles. The molecule has 0 amide bonds. The van der Waals surface area contributed by atoms with Gasteiger partial charge in [0, 0.05) is 41.4 Å². The Kier molecular flexibility index (Phi) is 9.63. The predicted molar refractivity (Wildman–Crippen MR) is 155 cm³/mol. The second-order valence-electron chi connectivity index (χ2n) is 10.5. The smallest absolute Gasteiger partial charge is 0.312 e. The van der Waals surface area contributed by atoms with E-state index in [0.29, 0.717) is 41.3 Å². The monoisotopic (exact) mass is 593 g/mol. The highest BCUT2D eigenvalue weighted by molar-refractivity contribution is 8.00. The van der Waals surface area contributed by atoms with Crippen LogP contribution in [0.15, 0.2) is 58.0 Å². The molecule has 38 heavy (non-hydrogen) atoms. The Balaban J connectivity index is 1.61. The number of halogens is 2. The van der Waals surface area contributed by atoms with Crippen LogP contribution < -0.4 is 4.80 Å². The van der Waals surface area contributed by atoms with Crippen molar-refractivity contribution >= 4 is 58.0 Å². The summed E-state index contributed by atoms with van der Waals surface area (Å²) in [7, 11) is 1.66. The highest BCUT2D eigenvalue weighted by atomic mass is 35.5. The number of carbonyl (C=O) groups is 1. The van der Waals surface area contributed by atoms with Crippen molar-refractivity contribution in [3.63, 3.8) is 0 Å². The zero-order valence-corrected chi connectivity index (χ0v) is 25.2. The van der Waals surface area contributed by atoms with Crippen LogP contribution in [0.5, 0.6) is 0 Å². The van der Waals surface area contributed by atoms with Gasteiger partial charge in [-0.25, -0.2) is 4.99 Å².